The lowest BCUT2D eigenvalue weighted by atomic mass is 10.0. The van der Waals surface area contributed by atoms with Crippen molar-refractivity contribution < 1.29 is 14.9 Å². The van der Waals surface area contributed by atoms with Crippen LogP contribution in [0.15, 0.2) is 6.33 Å². The highest BCUT2D eigenvalue weighted by molar-refractivity contribution is 5.81. The summed E-state index contributed by atoms with van der Waals surface area (Å²) < 4.78 is 5.84. The van der Waals surface area contributed by atoms with E-state index in [0.717, 1.165) is 32.1 Å². The van der Waals surface area contributed by atoms with E-state index in [4.69, 9.17) is 21.9 Å². The van der Waals surface area contributed by atoms with Gasteiger partial charge in [0.15, 0.2) is 17.9 Å². The Morgan fingerprint density at radius 1 is 1.17 bits per heavy atom. The van der Waals surface area contributed by atoms with Crippen LogP contribution in [-0.2, 0) is 4.74 Å². The number of rotatable bonds is 10. The molecule has 0 aromatic carbocycles. The number of nitrogen functional groups attached to an aromatic ring is 1. The minimum absolute atomic E-state index is 0.208. The van der Waals surface area contributed by atoms with Crippen LogP contribution in [-0.4, -0.2) is 82.6 Å². The lowest BCUT2D eigenvalue weighted by molar-refractivity contribution is 0.0136. The Kier molecular flexibility index (Phi) is 7.66. The minimum atomic E-state index is -1.05. The molecule has 0 amide bonds. The van der Waals surface area contributed by atoms with Crippen molar-refractivity contribution in [2.45, 2.75) is 69.6 Å². The maximum atomic E-state index is 10.5. The second-order valence-corrected chi connectivity index (χ2v) is 8.10. The summed E-state index contributed by atoms with van der Waals surface area (Å²) in [5.74, 6) is 0.930. The molecule has 0 aliphatic carbocycles. The number of nitrogens with zero attached hydrogens (tertiary/aromatic N) is 5. The van der Waals surface area contributed by atoms with E-state index in [9.17, 15) is 10.2 Å². The third-order valence-electron chi connectivity index (χ3n) is 6.08. The Balaban J connectivity index is 1.83. The van der Waals surface area contributed by atoms with Crippen LogP contribution in [0.25, 0.3) is 0 Å². The van der Waals surface area contributed by atoms with E-state index in [1.54, 1.807) is 6.92 Å². The van der Waals surface area contributed by atoms with Gasteiger partial charge in [-0.1, -0.05) is 12.8 Å². The predicted molar refractivity (Wildman–Crippen MR) is 115 cm³/mol. The predicted octanol–water partition coefficient (Wildman–Crippen LogP) is -0.807. The van der Waals surface area contributed by atoms with Crippen molar-refractivity contribution in [2.24, 2.45) is 11.5 Å². The second-order valence-electron chi connectivity index (χ2n) is 8.10. The molecule has 3 unspecified atom stereocenters. The van der Waals surface area contributed by atoms with Gasteiger partial charge in [-0.25, -0.2) is 15.0 Å². The highest BCUT2D eigenvalue weighted by Crippen LogP contribution is 2.42. The Morgan fingerprint density at radius 3 is 2.57 bits per heavy atom. The van der Waals surface area contributed by atoms with Crippen LogP contribution < -0.4 is 27.1 Å². The number of hydrogen-bond donors (Lipinski definition) is 5. The van der Waals surface area contributed by atoms with Gasteiger partial charge in [0.25, 0.3) is 0 Å². The van der Waals surface area contributed by atoms with E-state index in [1.807, 2.05) is 17.0 Å². The third-order valence-corrected chi connectivity index (χ3v) is 6.08. The molecule has 0 bridgehead atoms. The number of hydrazine groups is 1. The van der Waals surface area contributed by atoms with E-state index in [-0.39, 0.29) is 6.04 Å². The number of ether oxygens (including phenoxy) is 1. The summed E-state index contributed by atoms with van der Waals surface area (Å²) in [7, 11) is 2.01. The van der Waals surface area contributed by atoms with Crippen LogP contribution in [0.1, 0.15) is 39.0 Å². The first-order valence-electron chi connectivity index (χ1n) is 10.7. The van der Waals surface area contributed by atoms with Gasteiger partial charge < -0.3 is 37.1 Å². The molecule has 1 fully saturated rings. The number of nitrogens with two attached hydrogens (primary N) is 3. The molecule has 170 valence electrons. The van der Waals surface area contributed by atoms with Gasteiger partial charge in [-0.15, -0.1) is 0 Å². The monoisotopic (exact) mass is 424 g/mol. The van der Waals surface area contributed by atoms with E-state index in [2.05, 4.69) is 15.0 Å². The number of hydrogen-bond acceptors (Lipinski definition) is 11. The van der Waals surface area contributed by atoms with Crippen molar-refractivity contribution in [3.63, 3.8) is 0 Å². The van der Waals surface area contributed by atoms with E-state index < -0.39 is 24.5 Å². The molecule has 1 aromatic rings. The van der Waals surface area contributed by atoms with Gasteiger partial charge >= 0.3 is 0 Å². The molecule has 1 saturated heterocycles. The fourth-order valence-corrected chi connectivity index (χ4v) is 4.27. The zero-order valence-electron chi connectivity index (χ0n) is 17.9. The zero-order chi connectivity index (χ0) is 21.8. The van der Waals surface area contributed by atoms with Crippen molar-refractivity contribution in [1.82, 2.24) is 15.0 Å². The molecule has 11 nitrogen and oxygen atoms in total. The number of fused-ring (bicyclic) bond motifs is 1. The molecular weight excluding hydrogens is 388 g/mol. The van der Waals surface area contributed by atoms with Crippen LogP contribution in [0, 0.1) is 0 Å². The Morgan fingerprint density at radius 2 is 1.93 bits per heavy atom. The summed E-state index contributed by atoms with van der Waals surface area (Å²) in [6.45, 7) is 3.39. The molecule has 0 spiro atoms. The molecule has 0 radical (unpaired) electrons. The van der Waals surface area contributed by atoms with Crippen molar-refractivity contribution >= 4 is 17.3 Å². The summed E-state index contributed by atoms with van der Waals surface area (Å²) in [6.07, 6.45) is 3.15. The van der Waals surface area contributed by atoms with Crippen molar-refractivity contribution in [1.29, 1.82) is 0 Å². The average molecular weight is 425 g/mol. The summed E-state index contributed by atoms with van der Waals surface area (Å²) >= 11 is 0. The summed E-state index contributed by atoms with van der Waals surface area (Å²) in [5.41, 5.74) is 18.4. The molecule has 1 aromatic heterocycles. The fourth-order valence-electron chi connectivity index (χ4n) is 4.27. The van der Waals surface area contributed by atoms with Crippen molar-refractivity contribution in [2.75, 3.05) is 42.4 Å². The SMILES string of the molecule is C[C@H]1O[C@@H](N2CN(N(C)C(CCN)CCCCCN)c3c(N)ncnc32)C(O)C1O. The van der Waals surface area contributed by atoms with Gasteiger partial charge in [0, 0.05) is 13.1 Å². The standard InChI is InChI=1S/C19H36N8O3/c1-12-15(28)16(29)19(30-12)26-11-27(14-17(22)23-10-24-18(14)26)25(2)13(7-9-21)6-4-3-5-8-20/h10,12-13,15-16,19,28-29H,3-9,11,20-21H2,1-2H3,(H2,22,23,24)/t12-,13?,15?,16?,19-/m1/s1. The molecule has 11 heteroatoms. The number of unbranched alkanes of at least 4 members (excludes halogenated alkanes) is 2. The van der Waals surface area contributed by atoms with Gasteiger partial charge in [-0.05, 0) is 39.3 Å². The summed E-state index contributed by atoms with van der Waals surface area (Å²) in [6, 6.07) is 0.208. The van der Waals surface area contributed by atoms with E-state index in [0.29, 0.717) is 37.1 Å². The first-order chi connectivity index (χ1) is 14.4. The fraction of sp³-hybridized carbons (Fsp3) is 0.789. The highest BCUT2D eigenvalue weighted by atomic mass is 16.6. The van der Waals surface area contributed by atoms with Crippen LogP contribution in [0.2, 0.25) is 0 Å². The maximum absolute atomic E-state index is 10.5. The smallest absolute Gasteiger partial charge is 0.162 e. The van der Waals surface area contributed by atoms with Gasteiger partial charge in [0.1, 0.15) is 30.9 Å². The topological polar surface area (TPSA) is 163 Å². The second kappa shape index (κ2) is 10.0. The largest absolute Gasteiger partial charge is 0.388 e. The third kappa shape index (κ3) is 4.46. The van der Waals surface area contributed by atoms with Crippen molar-refractivity contribution in [3.05, 3.63) is 6.33 Å². The molecule has 2 aliphatic rings. The van der Waals surface area contributed by atoms with Crippen LogP contribution in [0.3, 0.4) is 0 Å². The molecule has 5 atom stereocenters. The van der Waals surface area contributed by atoms with E-state index >= 15 is 0 Å². The minimum Gasteiger partial charge on any atom is -0.388 e. The molecule has 0 saturated carbocycles. The van der Waals surface area contributed by atoms with Crippen LogP contribution in [0.4, 0.5) is 17.3 Å². The average Bonchev–Trinajstić information content (AvgIpc) is 3.24. The number of aliphatic hydroxyl groups excluding tert-OH is 2. The molecule has 30 heavy (non-hydrogen) atoms. The normalized spacial score (nSPS) is 27.2. The van der Waals surface area contributed by atoms with Crippen LogP contribution in [0.5, 0.6) is 0 Å². The zero-order valence-corrected chi connectivity index (χ0v) is 17.9. The molecule has 2 aliphatic heterocycles. The summed E-state index contributed by atoms with van der Waals surface area (Å²) in [5, 5.41) is 24.8. The summed E-state index contributed by atoms with van der Waals surface area (Å²) in [4.78, 5) is 10.4. The van der Waals surface area contributed by atoms with Crippen molar-refractivity contribution in [3.8, 4) is 0 Å². The molecular formula is C19H36N8O3. The quantitative estimate of drug-likeness (QED) is 0.298. The number of anilines is 3. The van der Waals surface area contributed by atoms with Gasteiger partial charge in [-0.2, -0.15) is 0 Å². The first kappa shape index (κ1) is 22.9. The molecule has 3 rings (SSSR count). The highest BCUT2D eigenvalue weighted by Gasteiger charge is 2.48. The number of aromatic nitrogens is 2. The molecule has 8 N–H and O–H groups in total. The van der Waals surface area contributed by atoms with Gasteiger partial charge in [0.05, 0.1) is 6.10 Å². The van der Waals surface area contributed by atoms with Gasteiger partial charge in [0.2, 0.25) is 0 Å². The van der Waals surface area contributed by atoms with E-state index in [1.165, 1.54) is 6.33 Å². The lowest BCUT2D eigenvalue weighted by Gasteiger charge is -2.37. The first-order valence-corrected chi connectivity index (χ1v) is 10.7. The van der Waals surface area contributed by atoms with Gasteiger partial charge in [-0.3, -0.25) is 5.01 Å². The Bertz CT molecular complexity index is 696. The molecule has 3 heterocycles. The Hall–Kier alpha value is -1.76. The lowest BCUT2D eigenvalue weighted by Crippen LogP contribution is -2.52. The number of aliphatic hydroxyl groups is 2. The maximum Gasteiger partial charge on any atom is 0.162 e. The Labute approximate surface area is 177 Å². The van der Waals surface area contributed by atoms with Crippen LogP contribution >= 0.6 is 0 Å².